The summed E-state index contributed by atoms with van der Waals surface area (Å²) in [4.78, 5) is 29.1. The number of benzene rings is 2. The summed E-state index contributed by atoms with van der Waals surface area (Å²) in [5, 5.41) is 8.54. The highest BCUT2D eigenvalue weighted by Crippen LogP contribution is 2.25. The molecular weight excluding hydrogens is 456 g/mol. The Hall–Kier alpha value is -3.00. The first kappa shape index (κ1) is 23.7. The standard InChI is InChI=1S/C28H32N4O2S/c1-19-7-8-23-24(28(34)29-2)17-27(33)32(25(23)15-19)14-13-31-11-9-21(10-12-31)30-18-22-16-20-5-3-4-6-26(20)35-22/h3-8,15-17,21,30H,9-14,18H2,1-2H3,(H,29,34). The zero-order valence-electron chi connectivity index (χ0n) is 20.3. The molecule has 0 saturated carbocycles. The number of carbonyl (C=O) groups is 1. The number of piperidine rings is 1. The van der Waals surface area contributed by atoms with Gasteiger partial charge in [0, 0.05) is 53.8 Å². The van der Waals surface area contributed by atoms with Crippen molar-refractivity contribution >= 4 is 38.2 Å². The lowest BCUT2D eigenvalue weighted by atomic mass is 10.0. The van der Waals surface area contributed by atoms with Gasteiger partial charge < -0.3 is 20.1 Å². The normalized spacial score (nSPS) is 15.1. The molecule has 2 aromatic carbocycles. The van der Waals surface area contributed by atoms with Gasteiger partial charge in [-0.3, -0.25) is 9.59 Å². The maximum absolute atomic E-state index is 13.0. The monoisotopic (exact) mass is 488 g/mol. The second-order valence-corrected chi connectivity index (χ2v) is 10.6. The van der Waals surface area contributed by atoms with Crippen LogP contribution in [0.2, 0.25) is 0 Å². The van der Waals surface area contributed by atoms with Crippen molar-refractivity contribution in [3.8, 4) is 0 Å². The third-order valence-corrected chi connectivity index (χ3v) is 8.12. The predicted octanol–water partition coefficient (Wildman–Crippen LogP) is 4.14. The van der Waals surface area contributed by atoms with Crippen LogP contribution in [0.15, 0.2) is 59.4 Å². The van der Waals surface area contributed by atoms with Gasteiger partial charge in [-0.05, 0) is 62.0 Å². The zero-order valence-corrected chi connectivity index (χ0v) is 21.2. The third kappa shape index (κ3) is 5.17. The van der Waals surface area contributed by atoms with Gasteiger partial charge in [-0.1, -0.05) is 30.3 Å². The molecule has 182 valence electrons. The summed E-state index contributed by atoms with van der Waals surface area (Å²) in [5.41, 5.74) is 2.22. The molecule has 7 heteroatoms. The quantitative estimate of drug-likeness (QED) is 0.410. The van der Waals surface area contributed by atoms with Crippen molar-refractivity contribution in [3.63, 3.8) is 0 Å². The van der Waals surface area contributed by atoms with E-state index < -0.39 is 0 Å². The lowest BCUT2D eigenvalue weighted by Crippen LogP contribution is -2.43. The van der Waals surface area contributed by atoms with E-state index in [1.165, 1.54) is 21.0 Å². The van der Waals surface area contributed by atoms with Crippen molar-refractivity contribution in [1.82, 2.24) is 20.1 Å². The Labute approximate surface area is 209 Å². The topological polar surface area (TPSA) is 66.4 Å². The molecule has 3 heterocycles. The Kier molecular flexibility index (Phi) is 7.00. The van der Waals surface area contributed by atoms with E-state index in [4.69, 9.17) is 0 Å². The molecule has 1 aliphatic rings. The molecule has 0 unspecified atom stereocenters. The molecular formula is C28H32N4O2S. The summed E-state index contributed by atoms with van der Waals surface area (Å²) in [6.45, 7) is 6.41. The van der Waals surface area contributed by atoms with Gasteiger partial charge in [-0.2, -0.15) is 0 Å². The second-order valence-electron chi connectivity index (χ2n) is 9.39. The van der Waals surface area contributed by atoms with Crippen molar-refractivity contribution in [3.05, 3.63) is 81.0 Å². The summed E-state index contributed by atoms with van der Waals surface area (Å²) < 4.78 is 3.17. The molecule has 2 N–H and O–H groups in total. The molecule has 6 nitrogen and oxygen atoms in total. The second kappa shape index (κ2) is 10.3. The minimum Gasteiger partial charge on any atom is -0.355 e. The summed E-state index contributed by atoms with van der Waals surface area (Å²) in [6, 6.07) is 18.8. The van der Waals surface area contributed by atoms with E-state index in [9.17, 15) is 9.59 Å². The zero-order chi connectivity index (χ0) is 24.4. The first-order valence-corrected chi connectivity index (χ1v) is 13.1. The van der Waals surface area contributed by atoms with Crippen LogP contribution in [-0.2, 0) is 13.1 Å². The number of nitrogens with zero attached hydrogens (tertiary/aromatic N) is 2. The van der Waals surface area contributed by atoms with Crippen LogP contribution in [0.5, 0.6) is 0 Å². The average molecular weight is 489 g/mol. The van der Waals surface area contributed by atoms with Crippen molar-refractivity contribution in [2.45, 2.75) is 38.9 Å². The Morgan fingerprint density at radius 3 is 2.63 bits per heavy atom. The number of pyridine rings is 1. The van der Waals surface area contributed by atoms with Gasteiger partial charge in [0.2, 0.25) is 0 Å². The van der Waals surface area contributed by atoms with E-state index in [-0.39, 0.29) is 11.5 Å². The fourth-order valence-electron chi connectivity index (χ4n) is 5.01. The lowest BCUT2D eigenvalue weighted by molar-refractivity contribution is 0.0964. The van der Waals surface area contributed by atoms with E-state index in [1.54, 1.807) is 7.05 Å². The van der Waals surface area contributed by atoms with Crippen LogP contribution in [0, 0.1) is 6.92 Å². The number of hydrogen-bond donors (Lipinski definition) is 2. The molecule has 4 aromatic rings. The number of hydrogen-bond acceptors (Lipinski definition) is 5. The van der Waals surface area contributed by atoms with Crippen LogP contribution >= 0.6 is 11.3 Å². The summed E-state index contributed by atoms with van der Waals surface area (Å²) in [6.07, 6.45) is 2.21. The van der Waals surface area contributed by atoms with E-state index >= 15 is 0 Å². The summed E-state index contributed by atoms with van der Waals surface area (Å²) in [7, 11) is 1.59. The van der Waals surface area contributed by atoms with Crippen LogP contribution in [0.25, 0.3) is 21.0 Å². The number of carbonyl (C=O) groups excluding carboxylic acids is 1. The molecule has 0 spiro atoms. The Bertz CT molecular complexity index is 1380. The van der Waals surface area contributed by atoms with Gasteiger partial charge in [0.25, 0.3) is 11.5 Å². The van der Waals surface area contributed by atoms with Crippen LogP contribution < -0.4 is 16.2 Å². The number of aromatic nitrogens is 1. The largest absolute Gasteiger partial charge is 0.355 e. The highest BCUT2D eigenvalue weighted by molar-refractivity contribution is 7.19. The van der Waals surface area contributed by atoms with E-state index in [2.05, 4.69) is 45.9 Å². The van der Waals surface area contributed by atoms with Gasteiger partial charge in [0.15, 0.2) is 0 Å². The molecule has 0 radical (unpaired) electrons. The molecule has 1 aliphatic heterocycles. The van der Waals surface area contributed by atoms with Crippen LogP contribution in [0.3, 0.4) is 0 Å². The maximum Gasteiger partial charge on any atom is 0.251 e. The molecule has 0 aliphatic carbocycles. The number of fused-ring (bicyclic) bond motifs is 2. The number of likely N-dealkylation sites (tertiary alicyclic amines) is 1. The number of amides is 1. The molecule has 5 rings (SSSR count). The minimum absolute atomic E-state index is 0.124. The molecule has 1 saturated heterocycles. The number of thiophene rings is 1. The number of aryl methyl sites for hydroxylation is 1. The average Bonchev–Trinajstić information content (AvgIpc) is 3.30. The van der Waals surface area contributed by atoms with Gasteiger partial charge in [-0.15, -0.1) is 11.3 Å². The van der Waals surface area contributed by atoms with Gasteiger partial charge in [0.1, 0.15) is 0 Å². The SMILES string of the molecule is CNC(=O)c1cc(=O)n(CCN2CCC(NCc3cc4ccccc4s3)CC2)c2cc(C)ccc12. The van der Waals surface area contributed by atoms with Crippen molar-refractivity contribution in [2.24, 2.45) is 0 Å². The predicted molar refractivity (Wildman–Crippen MR) is 144 cm³/mol. The van der Waals surface area contributed by atoms with Crippen molar-refractivity contribution in [2.75, 3.05) is 26.7 Å². The molecule has 1 fully saturated rings. The van der Waals surface area contributed by atoms with Crippen LogP contribution in [0.1, 0.15) is 33.6 Å². The lowest BCUT2D eigenvalue weighted by Gasteiger charge is -2.32. The molecule has 1 amide bonds. The van der Waals surface area contributed by atoms with Gasteiger partial charge in [-0.25, -0.2) is 0 Å². The fraction of sp³-hybridized carbons (Fsp3) is 0.357. The summed E-state index contributed by atoms with van der Waals surface area (Å²) >= 11 is 1.87. The van der Waals surface area contributed by atoms with E-state index in [0.29, 0.717) is 18.2 Å². The van der Waals surface area contributed by atoms with Crippen molar-refractivity contribution in [1.29, 1.82) is 0 Å². The van der Waals surface area contributed by atoms with E-state index in [1.807, 2.05) is 41.0 Å². The molecule has 0 atom stereocenters. The van der Waals surface area contributed by atoms with Crippen molar-refractivity contribution < 1.29 is 4.79 Å². The van der Waals surface area contributed by atoms with E-state index in [0.717, 1.165) is 55.5 Å². The van der Waals surface area contributed by atoms with Crippen LogP contribution in [-0.4, -0.2) is 48.1 Å². The number of rotatable bonds is 7. The highest BCUT2D eigenvalue weighted by atomic mass is 32.1. The highest BCUT2D eigenvalue weighted by Gasteiger charge is 2.20. The fourth-order valence-corrected chi connectivity index (χ4v) is 6.03. The third-order valence-electron chi connectivity index (χ3n) is 7.01. The Balaban J connectivity index is 1.20. The first-order chi connectivity index (χ1) is 17.0. The Morgan fingerprint density at radius 2 is 1.86 bits per heavy atom. The molecule has 35 heavy (non-hydrogen) atoms. The minimum atomic E-state index is -0.228. The smallest absolute Gasteiger partial charge is 0.251 e. The molecule has 0 bridgehead atoms. The van der Waals surface area contributed by atoms with Gasteiger partial charge >= 0.3 is 0 Å². The van der Waals surface area contributed by atoms with Gasteiger partial charge in [0.05, 0.1) is 11.1 Å². The van der Waals surface area contributed by atoms with Crippen LogP contribution in [0.4, 0.5) is 0 Å². The maximum atomic E-state index is 13.0. The first-order valence-electron chi connectivity index (χ1n) is 12.3. The molecule has 2 aromatic heterocycles. The number of nitrogens with one attached hydrogen (secondary N) is 2. The Morgan fingerprint density at radius 1 is 1.06 bits per heavy atom. The summed E-state index contributed by atoms with van der Waals surface area (Å²) in [5.74, 6) is -0.228.